The SMILES string of the molecule is CCC(C)C(NC(=O)C(NC(=O)C(CS)NC(=O)C(N)CC(=O)O)C(C)O)C(=O)O. The predicted molar refractivity (Wildman–Crippen MR) is 109 cm³/mol. The first-order valence-electron chi connectivity index (χ1n) is 9.25. The Morgan fingerprint density at radius 3 is 1.87 bits per heavy atom. The van der Waals surface area contributed by atoms with Crippen molar-refractivity contribution in [2.75, 3.05) is 5.75 Å². The quantitative estimate of drug-likeness (QED) is 0.141. The molecule has 8 N–H and O–H groups in total. The third kappa shape index (κ3) is 8.97. The van der Waals surface area contributed by atoms with Crippen LogP contribution in [-0.4, -0.2) is 81.0 Å². The second-order valence-electron chi connectivity index (χ2n) is 6.88. The largest absolute Gasteiger partial charge is 0.481 e. The van der Waals surface area contributed by atoms with Crippen molar-refractivity contribution in [2.45, 2.75) is 63.9 Å². The van der Waals surface area contributed by atoms with E-state index in [0.717, 1.165) is 0 Å². The number of carbonyl (C=O) groups is 5. The van der Waals surface area contributed by atoms with Gasteiger partial charge in [0.05, 0.1) is 18.6 Å². The molecular formula is C17H30N4O8S. The number of hydrogen-bond donors (Lipinski definition) is 8. The Morgan fingerprint density at radius 1 is 0.933 bits per heavy atom. The average Bonchev–Trinajstić information content (AvgIpc) is 2.65. The average molecular weight is 451 g/mol. The number of nitrogens with two attached hydrogens (primary N) is 1. The summed E-state index contributed by atoms with van der Waals surface area (Å²) in [6.07, 6.45) is -1.57. The molecule has 3 amide bonds. The maximum atomic E-state index is 12.5. The molecule has 172 valence electrons. The molecule has 0 aliphatic rings. The van der Waals surface area contributed by atoms with Crippen LogP contribution in [0.25, 0.3) is 0 Å². The van der Waals surface area contributed by atoms with Crippen molar-refractivity contribution in [1.29, 1.82) is 0 Å². The molecule has 6 unspecified atom stereocenters. The Balaban J connectivity index is 5.23. The van der Waals surface area contributed by atoms with Gasteiger partial charge in [-0.2, -0.15) is 12.6 Å². The molecule has 13 heteroatoms. The zero-order valence-electron chi connectivity index (χ0n) is 17.0. The highest BCUT2D eigenvalue weighted by Crippen LogP contribution is 2.09. The molecule has 0 aliphatic carbocycles. The van der Waals surface area contributed by atoms with Gasteiger partial charge < -0.3 is 37.0 Å². The van der Waals surface area contributed by atoms with E-state index in [1.54, 1.807) is 13.8 Å². The van der Waals surface area contributed by atoms with Crippen LogP contribution in [0.5, 0.6) is 0 Å². The normalized spacial score (nSPS) is 16.9. The first-order chi connectivity index (χ1) is 13.8. The molecule has 0 saturated heterocycles. The molecule has 0 aromatic rings. The molecule has 0 aromatic carbocycles. The van der Waals surface area contributed by atoms with Crippen LogP contribution in [0.3, 0.4) is 0 Å². The smallest absolute Gasteiger partial charge is 0.326 e. The topological polar surface area (TPSA) is 208 Å². The van der Waals surface area contributed by atoms with Crippen molar-refractivity contribution in [3.05, 3.63) is 0 Å². The second kappa shape index (κ2) is 13.0. The molecule has 0 rings (SSSR count). The lowest BCUT2D eigenvalue weighted by atomic mass is 9.98. The van der Waals surface area contributed by atoms with Crippen molar-refractivity contribution in [1.82, 2.24) is 16.0 Å². The lowest BCUT2D eigenvalue weighted by Gasteiger charge is -2.27. The molecule has 0 bridgehead atoms. The molecule has 12 nitrogen and oxygen atoms in total. The Morgan fingerprint density at radius 2 is 1.47 bits per heavy atom. The van der Waals surface area contributed by atoms with Crippen LogP contribution < -0.4 is 21.7 Å². The van der Waals surface area contributed by atoms with Crippen molar-refractivity contribution in [2.24, 2.45) is 11.7 Å². The molecule has 0 fully saturated rings. The van der Waals surface area contributed by atoms with E-state index in [9.17, 15) is 34.2 Å². The number of aliphatic hydroxyl groups is 1. The number of aliphatic hydroxyl groups excluding tert-OH is 1. The summed E-state index contributed by atoms with van der Waals surface area (Å²) in [5.41, 5.74) is 5.43. The van der Waals surface area contributed by atoms with Crippen LogP contribution in [-0.2, 0) is 24.0 Å². The van der Waals surface area contributed by atoms with E-state index in [1.807, 2.05) is 0 Å². The van der Waals surface area contributed by atoms with Gasteiger partial charge in [0, 0.05) is 5.75 Å². The number of hydrogen-bond acceptors (Lipinski definition) is 8. The molecule has 0 heterocycles. The molecule has 6 atom stereocenters. The molecule has 0 saturated carbocycles. The molecular weight excluding hydrogens is 420 g/mol. The van der Waals surface area contributed by atoms with Crippen LogP contribution >= 0.6 is 12.6 Å². The fraction of sp³-hybridized carbons (Fsp3) is 0.706. The van der Waals surface area contributed by atoms with Gasteiger partial charge in [-0.25, -0.2) is 4.79 Å². The molecule has 0 aliphatic heterocycles. The van der Waals surface area contributed by atoms with Gasteiger partial charge >= 0.3 is 11.9 Å². The summed E-state index contributed by atoms with van der Waals surface area (Å²) >= 11 is 3.94. The van der Waals surface area contributed by atoms with Crippen LogP contribution in [0.2, 0.25) is 0 Å². The number of carboxylic acid groups (broad SMARTS) is 2. The van der Waals surface area contributed by atoms with Gasteiger partial charge in [0.25, 0.3) is 0 Å². The Kier molecular flexibility index (Phi) is 12.0. The number of aliphatic carboxylic acids is 2. The zero-order chi connectivity index (χ0) is 23.6. The van der Waals surface area contributed by atoms with E-state index in [4.69, 9.17) is 10.8 Å². The van der Waals surface area contributed by atoms with E-state index in [-0.39, 0.29) is 5.75 Å². The summed E-state index contributed by atoms with van der Waals surface area (Å²) in [6.45, 7) is 4.60. The number of amides is 3. The highest BCUT2D eigenvalue weighted by Gasteiger charge is 2.33. The number of nitrogens with one attached hydrogen (secondary N) is 3. The molecule has 0 radical (unpaired) electrons. The fourth-order valence-electron chi connectivity index (χ4n) is 2.34. The Hall–Kier alpha value is -2.38. The van der Waals surface area contributed by atoms with Crippen molar-refractivity contribution in [3.8, 4) is 0 Å². The maximum absolute atomic E-state index is 12.5. The number of rotatable bonds is 13. The van der Waals surface area contributed by atoms with E-state index in [1.165, 1.54) is 6.92 Å². The summed E-state index contributed by atoms with van der Waals surface area (Å²) in [7, 11) is 0. The monoisotopic (exact) mass is 450 g/mol. The van der Waals surface area contributed by atoms with E-state index >= 15 is 0 Å². The van der Waals surface area contributed by atoms with Crippen LogP contribution in [0.4, 0.5) is 0 Å². The molecule has 30 heavy (non-hydrogen) atoms. The van der Waals surface area contributed by atoms with E-state index in [2.05, 4.69) is 28.6 Å². The fourth-order valence-corrected chi connectivity index (χ4v) is 2.60. The third-order valence-corrected chi connectivity index (χ3v) is 4.75. The Bertz CT molecular complexity index is 645. The first-order valence-corrected chi connectivity index (χ1v) is 9.89. The summed E-state index contributed by atoms with van der Waals surface area (Å²) in [5, 5.41) is 34.6. The van der Waals surface area contributed by atoms with Gasteiger partial charge in [-0.3, -0.25) is 19.2 Å². The minimum atomic E-state index is -1.50. The summed E-state index contributed by atoms with van der Waals surface area (Å²) in [6, 6.07) is -5.41. The highest BCUT2D eigenvalue weighted by atomic mass is 32.1. The standard InChI is InChI=1S/C17H30N4O8S/c1-4-7(2)12(17(28)29)20-16(27)13(8(3)22)21-15(26)10(6-30)19-14(25)9(18)5-11(23)24/h7-10,12-13,22,30H,4-6,18H2,1-3H3,(H,19,25)(H,20,27)(H,21,26)(H,23,24)(H,28,29). The van der Waals surface area contributed by atoms with Gasteiger partial charge in [-0.15, -0.1) is 0 Å². The van der Waals surface area contributed by atoms with Crippen LogP contribution in [0.15, 0.2) is 0 Å². The minimum absolute atomic E-state index is 0.212. The minimum Gasteiger partial charge on any atom is -0.481 e. The Labute approximate surface area is 179 Å². The summed E-state index contributed by atoms with van der Waals surface area (Å²) in [5.74, 6) is -5.90. The second-order valence-corrected chi connectivity index (χ2v) is 7.25. The summed E-state index contributed by atoms with van der Waals surface area (Å²) < 4.78 is 0. The highest BCUT2D eigenvalue weighted by molar-refractivity contribution is 7.80. The number of carboxylic acids is 2. The molecule has 0 aromatic heterocycles. The molecule has 0 spiro atoms. The maximum Gasteiger partial charge on any atom is 0.326 e. The van der Waals surface area contributed by atoms with Crippen LogP contribution in [0.1, 0.15) is 33.6 Å². The van der Waals surface area contributed by atoms with Gasteiger partial charge in [0.2, 0.25) is 17.7 Å². The van der Waals surface area contributed by atoms with Crippen molar-refractivity contribution >= 4 is 42.3 Å². The number of thiol groups is 1. The number of carbonyl (C=O) groups excluding carboxylic acids is 3. The van der Waals surface area contributed by atoms with Gasteiger partial charge in [-0.1, -0.05) is 20.3 Å². The zero-order valence-corrected chi connectivity index (χ0v) is 17.9. The lowest BCUT2D eigenvalue weighted by molar-refractivity contribution is -0.144. The first kappa shape index (κ1) is 27.6. The third-order valence-electron chi connectivity index (χ3n) is 4.39. The van der Waals surface area contributed by atoms with Crippen LogP contribution in [0, 0.1) is 5.92 Å². The van der Waals surface area contributed by atoms with Gasteiger partial charge in [-0.05, 0) is 12.8 Å². The lowest BCUT2D eigenvalue weighted by Crippen LogP contribution is -2.60. The van der Waals surface area contributed by atoms with Gasteiger partial charge in [0.15, 0.2) is 0 Å². The van der Waals surface area contributed by atoms with E-state index in [0.29, 0.717) is 6.42 Å². The summed E-state index contributed by atoms with van der Waals surface area (Å²) in [4.78, 5) is 58.9. The predicted octanol–water partition coefficient (Wildman–Crippen LogP) is -2.32. The van der Waals surface area contributed by atoms with Crippen molar-refractivity contribution in [3.63, 3.8) is 0 Å². The van der Waals surface area contributed by atoms with E-state index < -0.39 is 72.3 Å². The van der Waals surface area contributed by atoms with Gasteiger partial charge in [0.1, 0.15) is 18.1 Å². The van der Waals surface area contributed by atoms with Crippen molar-refractivity contribution < 1.29 is 39.3 Å².